The van der Waals surface area contributed by atoms with Crippen molar-refractivity contribution in [2.45, 2.75) is 11.9 Å². The first-order chi connectivity index (χ1) is 11.2. The predicted molar refractivity (Wildman–Crippen MR) is 85.3 cm³/mol. The zero-order valence-electron chi connectivity index (χ0n) is 12.1. The minimum absolute atomic E-state index is 0.0702. The summed E-state index contributed by atoms with van der Waals surface area (Å²) in [6.45, 7) is 0. The largest absolute Gasteiger partial charge is 0.460 e. The van der Waals surface area contributed by atoms with Crippen molar-refractivity contribution in [1.82, 2.24) is 0 Å². The molecular formula is C17H14FNO3S. The van der Waals surface area contributed by atoms with Crippen molar-refractivity contribution < 1.29 is 18.1 Å². The highest BCUT2D eigenvalue weighted by molar-refractivity contribution is 7.94. The van der Waals surface area contributed by atoms with Gasteiger partial charge in [0.2, 0.25) is 17.4 Å². The lowest BCUT2D eigenvalue weighted by molar-refractivity contribution is -0.123. The number of ketones is 1. The van der Waals surface area contributed by atoms with Crippen LogP contribution in [-0.4, -0.2) is 5.78 Å². The predicted octanol–water partition coefficient (Wildman–Crippen LogP) is 3.46. The van der Waals surface area contributed by atoms with Crippen molar-refractivity contribution in [3.8, 4) is 0 Å². The van der Waals surface area contributed by atoms with E-state index in [-0.39, 0.29) is 17.2 Å². The van der Waals surface area contributed by atoms with Crippen LogP contribution in [0.4, 0.5) is 4.39 Å². The molecule has 1 heterocycles. The lowest BCUT2D eigenvalue weighted by Gasteiger charge is -2.10. The summed E-state index contributed by atoms with van der Waals surface area (Å²) in [4.78, 5) is 12.3. The van der Waals surface area contributed by atoms with Gasteiger partial charge in [-0.25, -0.2) is 4.39 Å². The zero-order chi connectivity index (χ0) is 16.2. The van der Waals surface area contributed by atoms with Gasteiger partial charge in [-0.2, -0.15) is 0 Å². The molecule has 1 aliphatic rings. The van der Waals surface area contributed by atoms with Gasteiger partial charge in [0, 0.05) is 5.56 Å². The van der Waals surface area contributed by atoms with Crippen molar-refractivity contribution in [3.63, 3.8) is 0 Å². The fraction of sp³-hybridized carbons (Fsp3) is 0.118. The minimum atomic E-state index is -1.09. The van der Waals surface area contributed by atoms with Gasteiger partial charge in [-0.15, -0.1) is 0 Å². The molecule has 2 N–H and O–H groups in total. The number of carbonyl (C=O) groups excluding carboxylic acids is 1. The van der Waals surface area contributed by atoms with Crippen LogP contribution in [0, 0.1) is 5.82 Å². The summed E-state index contributed by atoms with van der Waals surface area (Å²) in [5.74, 6) is -0.636. The Labute approximate surface area is 137 Å². The molecule has 0 radical (unpaired) electrons. The second-order valence-corrected chi connectivity index (χ2v) is 5.60. The van der Waals surface area contributed by atoms with E-state index in [1.807, 2.05) is 30.3 Å². The number of hydrogen-bond donors (Lipinski definition) is 1. The minimum Gasteiger partial charge on any atom is -0.460 e. The number of carbonyl (C=O) groups is 1. The zero-order valence-corrected chi connectivity index (χ0v) is 12.9. The van der Waals surface area contributed by atoms with E-state index in [2.05, 4.69) is 0 Å². The van der Waals surface area contributed by atoms with Gasteiger partial charge in [0.15, 0.2) is 6.10 Å². The molecule has 3 rings (SSSR count). The average Bonchev–Trinajstić information content (AvgIpc) is 2.84. The first-order valence-electron chi connectivity index (χ1n) is 6.95. The van der Waals surface area contributed by atoms with Gasteiger partial charge < -0.3 is 14.7 Å². The quantitative estimate of drug-likeness (QED) is 0.850. The maximum absolute atomic E-state index is 13.8. The Morgan fingerprint density at radius 1 is 1.13 bits per heavy atom. The van der Waals surface area contributed by atoms with E-state index in [4.69, 9.17) is 14.7 Å². The fourth-order valence-corrected chi connectivity index (χ4v) is 2.85. The third kappa shape index (κ3) is 3.32. The molecule has 0 fully saturated rings. The van der Waals surface area contributed by atoms with E-state index in [0.717, 1.165) is 17.6 Å². The average molecular weight is 331 g/mol. The Balaban J connectivity index is 1.65. The number of hydrogen-bond acceptors (Lipinski definition) is 5. The SMILES string of the molecule is NC1=C(OSCc2ccccc2)C(=O)C(c2ccccc2F)O1. The van der Waals surface area contributed by atoms with E-state index in [9.17, 15) is 9.18 Å². The van der Waals surface area contributed by atoms with Crippen molar-refractivity contribution >= 4 is 17.8 Å². The molecule has 2 aromatic carbocycles. The summed E-state index contributed by atoms with van der Waals surface area (Å²) >= 11 is 1.08. The maximum Gasteiger partial charge on any atom is 0.249 e. The monoisotopic (exact) mass is 331 g/mol. The van der Waals surface area contributed by atoms with Crippen LogP contribution in [-0.2, 0) is 19.5 Å². The summed E-state index contributed by atoms with van der Waals surface area (Å²) in [5, 5.41) is 0. The summed E-state index contributed by atoms with van der Waals surface area (Å²) < 4.78 is 24.5. The lowest BCUT2D eigenvalue weighted by Crippen LogP contribution is -2.12. The summed E-state index contributed by atoms with van der Waals surface area (Å²) in [6, 6.07) is 15.6. The lowest BCUT2D eigenvalue weighted by atomic mass is 10.1. The highest BCUT2D eigenvalue weighted by Crippen LogP contribution is 2.34. The van der Waals surface area contributed by atoms with Gasteiger partial charge in [-0.05, 0) is 11.6 Å². The van der Waals surface area contributed by atoms with Crippen LogP contribution in [0.15, 0.2) is 66.2 Å². The summed E-state index contributed by atoms with van der Waals surface area (Å²) in [5.41, 5.74) is 6.90. The van der Waals surface area contributed by atoms with Gasteiger partial charge in [-0.1, -0.05) is 48.5 Å². The number of halogens is 1. The fourth-order valence-electron chi connectivity index (χ4n) is 2.18. The standard InChI is InChI=1S/C17H14FNO3S/c18-13-9-5-4-8-12(13)15-14(20)16(17(19)21-15)22-23-10-11-6-2-1-3-7-11/h1-9,15H,10,19H2. The highest BCUT2D eigenvalue weighted by Gasteiger charge is 2.38. The molecule has 1 aliphatic heterocycles. The Kier molecular flexibility index (Phi) is 4.52. The van der Waals surface area contributed by atoms with Crippen LogP contribution in [0.25, 0.3) is 0 Å². The number of nitrogens with two attached hydrogens (primary N) is 1. The number of rotatable bonds is 5. The summed E-state index contributed by atoms with van der Waals surface area (Å²) in [7, 11) is 0. The van der Waals surface area contributed by atoms with Crippen LogP contribution in [0.5, 0.6) is 0 Å². The maximum atomic E-state index is 13.8. The first-order valence-corrected chi connectivity index (χ1v) is 7.86. The van der Waals surface area contributed by atoms with E-state index >= 15 is 0 Å². The number of benzene rings is 2. The molecule has 118 valence electrons. The third-order valence-corrected chi connectivity index (χ3v) is 4.06. The molecule has 0 spiro atoms. The second-order valence-electron chi connectivity index (χ2n) is 4.91. The van der Waals surface area contributed by atoms with Crippen molar-refractivity contribution in [2.24, 2.45) is 5.73 Å². The summed E-state index contributed by atoms with van der Waals surface area (Å²) in [6.07, 6.45) is -1.09. The number of Topliss-reactive ketones (excluding diaryl/α,β-unsaturated/α-hetero) is 1. The van der Waals surface area contributed by atoms with Crippen molar-refractivity contribution in [1.29, 1.82) is 0 Å². The molecule has 0 saturated heterocycles. The van der Waals surface area contributed by atoms with Crippen LogP contribution in [0.3, 0.4) is 0 Å². The Bertz CT molecular complexity index is 749. The molecule has 0 amide bonds. The molecule has 0 bridgehead atoms. The van der Waals surface area contributed by atoms with Crippen molar-refractivity contribution in [2.75, 3.05) is 0 Å². The molecule has 0 aromatic heterocycles. The van der Waals surface area contributed by atoms with E-state index in [0.29, 0.717) is 5.75 Å². The molecule has 0 saturated carbocycles. The molecule has 6 heteroatoms. The number of ether oxygens (including phenoxy) is 1. The molecule has 1 atom stereocenters. The van der Waals surface area contributed by atoms with Crippen molar-refractivity contribution in [3.05, 3.63) is 83.2 Å². The molecule has 0 aliphatic carbocycles. The second kappa shape index (κ2) is 6.75. The van der Waals surface area contributed by atoms with Crippen LogP contribution in [0.2, 0.25) is 0 Å². The topological polar surface area (TPSA) is 61.5 Å². The van der Waals surface area contributed by atoms with Crippen LogP contribution >= 0.6 is 12.0 Å². The van der Waals surface area contributed by atoms with Gasteiger partial charge in [0.25, 0.3) is 0 Å². The molecule has 23 heavy (non-hydrogen) atoms. The first kappa shape index (κ1) is 15.4. The third-order valence-electron chi connectivity index (χ3n) is 3.33. The smallest absolute Gasteiger partial charge is 0.249 e. The van der Waals surface area contributed by atoms with Gasteiger partial charge in [0.05, 0.1) is 17.8 Å². The Morgan fingerprint density at radius 3 is 2.57 bits per heavy atom. The van der Waals surface area contributed by atoms with Gasteiger partial charge in [0.1, 0.15) is 5.82 Å². The van der Waals surface area contributed by atoms with E-state index in [1.165, 1.54) is 12.1 Å². The molecular weight excluding hydrogens is 317 g/mol. The van der Waals surface area contributed by atoms with Crippen LogP contribution in [0.1, 0.15) is 17.2 Å². The van der Waals surface area contributed by atoms with E-state index in [1.54, 1.807) is 12.1 Å². The van der Waals surface area contributed by atoms with Gasteiger partial charge in [-0.3, -0.25) is 4.79 Å². The molecule has 2 aromatic rings. The normalized spacial score (nSPS) is 17.3. The van der Waals surface area contributed by atoms with Crippen LogP contribution < -0.4 is 5.73 Å². The Morgan fingerprint density at radius 2 is 1.83 bits per heavy atom. The van der Waals surface area contributed by atoms with Gasteiger partial charge >= 0.3 is 0 Å². The van der Waals surface area contributed by atoms with E-state index < -0.39 is 17.7 Å². The molecule has 4 nitrogen and oxygen atoms in total. The highest BCUT2D eigenvalue weighted by atomic mass is 32.2. The Hall–Kier alpha value is -2.47. The molecule has 1 unspecified atom stereocenters.